The van der Waals surface area contributed by atoms with Crippen molar-refractivity contribution in [2.24, 2.45) is 5.92 Å². The summed E-state index contributed by atoms with van der Waals surface area (Å²) in [7, 11) is 0. The van der Waals surface area contributed by atoms with Crippen LogP contribution in [0.4, 0.5) is 6.01 Å². The number of nitrogens with zero attached hydrogens (tertiary/aromatic N) is 2. The molecule has 31 heavy (non-hydrogen) atoms. The number of rotatable bonds is 9. The number of carbonyl (C=O) groups is 1. The fourth-order valence-electron chi connectivity index (χ4n) is 3.64. The molecule has 7 heteroatoms. The number of hydrogen-bond acceptors (Lipinski definition) is 6. The molecule has 3 aromatic rings. The summed E-state index contributed by atoms with van der Waals surface area (Å²) in [5, 5.41) is 10.8. The van der Waals surface area contributed by atoms with Gasteiger partial charge in [-0.1, -0.05) is 54.0 Å². The smallest absolute Gasteiger partial charge is 0.312 e. The Kier molecular flexibility index (Phi) is 6.50. The van der Waals surface area contributed by atoms with Gasteiger partial charge in [0, 0.05) is 0 Å². The highest BCUT2D eigenvalue weighted by atomic mass is 16.5. The van der Waals surface area contributed by atoms with E-state index in [0.717, 1.165) is 23.5 Å². The van der Waals surface area contributed by atoms with E-state index in [4.69, 9.17) is 14.9 Å². The van der Waals surface area contributed by atoms with Crippen molar-refractivity contribution in [3.8, 4) is 5.75 Å². The van der Waals surface area contributed by atoms with Gasteiger partial charge in [-0.05, 0) is 48.9 Å². The second-order valence-electron chi connectivity index (χ2n) is 8.11. The Morgan fingerprint density at radius 3 is 2.48 bits per heavy atom. The van der Waals surface area contributed by atoms with Gasteiger partial charge in [0.1, 0.15) is 5.75 Å². The largest absolute Gasteiger partial charge is 0.493 e. The maximum absolute atomic E-state index is 13.0. The second-order valence-corrected chi connectivity index (χ2v) is 8.11. The summed E-state index contributed by atoms with van der Waals surface area (Å²) in [4.78, 5) is 13.0. The Balaban J connectivity index is 1.47. The van der Waals surface area contributed by atoms with Crippen LogP contribution in [-0.4, -0.2) is 22.7 Å². The van der Waals surface area contributed by atoms with Gasteiger partial charge in [0.2, 0.25) is 11.8 Å². The molecule has 1 saturated carbocycles. The van der Waals surface area contributed by atoms with Crippen LogP contribution in [0.1, 0.15) is 55.2 Å². The van der Waals surface area contributed by atoms with Crippen LogP contribution in [-0.2, 0) is 11.2 Å². The summed E-state index contributed by atoms with van der Waals surface area (Å²) in [5.74, 6) is 1.52. The van der Waals surface area contributed by atoms with Gasteiger partial charge in [0.05, 0.1) is 25.0 Å². The molecule has 0 radical (unpaired) electrons. The number of anilines is 1. The van der Waals surface area contributed by atoms with E-state index in [1.54, 1.807) is 0 Å². The Morgan fingerprint density at radius 1 is 1.13 bits per heavy atom. The molecule has 1 heterocycles. The maximum atomic E-state index is 13.0. The normalized spacial score (nSPS) is 15.6. The van der Waals surface area contributed by atoms with Crippen LogP contribution in [0, 0.1) is 5.92 Å². The topological polar surface area (TPSA) is 103 Å². The molecule has 0 spiro atoms. The van der Waals surface area contributed by atoms with Crippen molar-refractivity contribution in [2.75, 3.05) is 12.3 Å². The first kappa shape index (κ1) is 20.9. The van der Waals surface area contributed by atoms with Gasteiger partial charge in [0.25, 0.3) is 0 Å². The highest BCUT2D eigenvalue weighted by Gasteiger charge is 2.23. The summed E-state index contributed by atoms with van der Waals surface area (Å²) in [6, 6.07) is 17.2. The fourth-order valence-corrected chi connectivity index (χ4v) is 3.64. The fraction of sp³-hybridized carbons (Fsp3) is 0.375. The Hall–Kier alpha value is -3.35. The Bertz CT molecular complexity index is 984. The van der Waals surface area contributed by atoms with E-state index < -0.39 is 0 Å². The zero-order chi connectivity index (χ0) is 21.6. The number of nitrogen functional groups attached to an aromatic ring is 1. The third-order valence-corrected chi connectivity index (χ3v) is 5.86. The van der Waals surface area contributed by atoms with Crippen molar-refractivity contribution in [2.45, 2.75) is 44.6 Å². The van der Waals surface area contributed by atoms with E-state index in [1.165, 1.54) is 19.3 Å². The van der Waals surface area contributed by atoms with Crippen LogP contribution in [0.5, 0.6) is 5.75 Å². The monoisotopic (exact) mass is 420 g/mol. The molecular weight excluding hydrogens is 392 g/mol. The van der Waals surface area contributed by atoms with Crippen molar-refractivity contribution in [1.82, 2.24) is 15.5 Å². The summed E-state index contributed by atoms with van der Waals surface area (Å²) in [6.07, 6.45) is 4.15. The molecule has 0 bridgehead atoms. The molecule has 1 aliphatic carbocycles. The quantitative estimate of drug-likeness (QED) is 0.542. The van der Waals surface area contributed by atoms with Gasteiger partial charge in [-0.15, -0.1) is 5.10 Å². The number of benzene rings is 2. The van der Waals surface area contributed by atoms with Gasteiger partial charge in [-0.2, -0.15) is 0 Å². The third-order valence-electron chi connectivity index (χ3n) is 5.86. The van der Waals surface area contributed by atoms with Crippen molar-refractivity contribution < 1.29 is 13.9 Å². The van der Waals surface area contributed by atoms with Crippen LogP contribution >= 0.6 is 0 Å². The number of nitrogens with two attached hydrogens (primary N) is 1. The summed E-state index contributed by atoms with van der Waals surface area (Å²) < 4.78 is 11.2. The minimum atomic E-state index is -0.334. The SMILES string of the molecule is C[C@H](C(=O)N[C@@H](Cc1nnc(N)o1)c1ccc(OCC2CCC2)cc1)c1ccccc1. The number of carbonyl (C=O) groups excluding carboxylic acids is 1. The molecule has 0 aliphatic heterocycles. The number of hydrogen-bond donors (Lipinski definition) is 2. The van der Waals surface area contributed by atoms with E-state index in [9.17, 15) is 4.79 Å². The lowest BCUT2D eigenvalue weighted by Gasteiger charge is -2.25. The van der Waals surface area contributed by atoms with E-state index in [1.807, 2.05) is 61.5 Å². The van der Waals surface area contributed by atoms with Crippen molar-refractivity contribution in [1.29, 1.82) is 0 Å². The summed E-state index contributed by atoms with van der Waals surface area (Å²) in [6.45, 7) is 2.65. The first-order valence-electron chi connectivity index (χ1n) is 10.7. The minimum Gasteiger partial charge on any atom is -0.493 e. The number of ether oxygens (including phenoxy) is 1. The lowest BCUT2D eigenvalue weighted by atomic mass is 9.86. The molecule has 1 fully saturated rings. The third kappa shape index (κ3) is 5.42. The van der Waals surface area contributed by atoms with Crippen LogP contribution in [0.25, 0.3) is 0 Å². The van der Waals surface area contributed by atoms with Crippen LogP contribution in [0.2, 0.25) is 0 Å². The van der Waals surface area contributed by atoms with E-state index >= 15 is 0 Å². The standard InChI is InChI=1S/C24H28N4O3/c1-16(18-8-3-2-4-9-18)23(29)26-21(14-22-27-28-24(25)31-22)19-10-12-20(13-11-19)30-15-17-6-5-7-17/h2-4,8-13,16-17,21H,5-7,14-15H2,1H3,(H2,25,28)(H,26,29)/t16-,21-/m0/s1. The lowest BCUT2D eigenvalue weighted by Crippen LogP contribution is -2.33. The lowest BCUT2D eigenvalue weighted by molar-refractivity contribution is -0.123. The molecule has 1 aromatic heterocycles. The maximum Gasteiger partial charge on any atom is 0.312 e. The average molecular weight is 421 g/mol. The molecule has 2 atom stereocenters. The van der Waals surface area contributed by atoms with E-state index in [2.05, 4.69) is 15.5 Å². The summed E-state index contributed by atoms with van der Waals surface area (Å²) >= 11 is 0. The van der Waals surface area contributed by atoms with Crippen LogP contribution in [0.3, 0.4) is 0 Å². The van der Waals surface area contributed by atoms with E-state index in [-0.39, 0.29) is 23.9 Å². The number of nitrogens with one attached hydrogen (secondary N) is 1. The molecule has 2 aromatic carbocycles. The van der Waals surface area contributed by atoms with Crippen molar-refractivity contribution in [3.05, 3.63) is 71.6 Å². The predicted octanol–water partition coefficient (Wildman–Crippen LogP) is 4.03. The van der Waals surface area contributed by atoms with Gasteiger partial charge in [-0.3, -0.25) is 4.79 Å². The molecule has 4 rings (SSSR count). The van der Waals surface area contributed by atoms with E-state index in [0.29, 0.717) is 18.2 Å². The molecule has 162 valence electrons. The Labute approximate surface area is 182 Å². The van der Waals surface area contributed by atoms with Gasteiger partial charge in [-0.25, -0.2) is 0 Å². The first-order chi connectivity index (χ1) is 15.1. The zero-order valence-corrected chi connectivity index (χ0v) is 17.7. The molecule has 1 aliphatic rings. The highest BCUT2D eigenvalue weighted by molar-refractivity contribution is 5.83. The molecule has 0 unspecified atom stereocenters. The molecule has 7 nitrogen and oxygen atoms in total. The van der Waals surface area contributed by atoms with Gasteiger partial charge < -0.3 is 20.2 Å². The predicted molar refractivity (Wildman–Crippen MR) is 117 cm³/mol. The highest BCUT2D eigenvalue weighted by Crippen LogP contribution is 2.28. The number of aromatic nitrogens is 2. The molecular formula is C24H28N4O3. The van der Waals surface area contributed by atoms with Gasteiger partial charge >= 0.3 is 6.01 Å². The Morgan fingerprint density at radius 2 is 1.87 bits per heavy atom. The van der Waals surface area contributed by atoms with Crippen molar-refractivity contribution in [3.63, 3.8) is 0 Å². The molecule has 0 saturated heterocycles. The number of amides is 1. The van der Waals surface area contributed by atoms with Crippen LogP contribution < -0.4 is 15.8 Å². The average Bonchev–Trinajstić information content (AvgIpc) is 3.17. The van der Waals surface area contributed by atoms with Gasteiger partial charge in [0.15, 0.2) is 0 Å². The molecule has 3 N–H and O–H groups in total. The minimum absolute atomic E-state index is 0.0115. The summed E-state index contributed by atoms with van der Waals surface area (Å²) in [5.41, 5.74) is 7.46. The zero-order valence-electron chi connectivity index (χ0n) is 17.7. The molecule has 1 amide bonds. The first-order valence-corrected chi connectivity index (χ1v) is 10.7. The van der Waals surface area contributed by atoms with Crippen LogP contribution in [0.15, 0.2) is 59.0 Å². The second kappa shape index (κ2) is 9.64. The van der Waals surface area contributed by atoms with Crippen molar-refractivity contribution >= 4 is 11.9 Å².